The van der Waals surface area contributed by atoms with E-state index in [2.05, 4.69) is 38.7 Å². The quantitative estimate of drug-likeness (QED) is 0.282. The van der Waals surface area contributed by atoms with Crippen molar-refractivity contribution in [2.45, 2.75) is 49.5 Å². The van der Waals surface area contributed by atoms with Crippen LogP contribution in [0.25, 0.3) is 10.9 Å². The molecule has 1 aromatic heterocycles. The van der Waals surface area contributed by atoms with Crippen molar-refractivity contribution >= 4 is 43.9 Å². The molecule has 3 aromatic carbocycles. The first-order valence-electron chi connectivity index (χ1n) is 14.0. The van der Waals surface area contributed by atoms with Gasteiger partial charge in [0.05, 0.1) is 10.4 Å². The number of nitrogens with one attached hydrogen (secondary N) is 2. The Balaban J connectivity index is 1.18. The Morgan fingerprint density at radius 1 is 0.850 bits per heavy atom. The average molecular weight is 557 g/mol. The molecule has 208 valence electrons. The van der Waals surface area contributed by atoms with Crippen molar-refractivity contribution in [1.82, 2.24) is 19.2 Å². The molecule has 0 bridgehead atoms. The van der Waals surface area contributed by atoms with Crippen molar-refractivity contribution in [2.75, 3.05) is 37.8 Å². The van der Waals surface area contributed by atoms with Crippen LogP contribution in [0.15, 0.2) is 71.8 Å². The molecule has 1 unspecified atom stereocenters. The minimum absolute atomic E-state index is 0.240. The predicted octanol–water partition coefficient (Wildman–Crippen LogP) is 5.71. The van der Waals surface area contributed by atoms with Crippen LogP contribution in [0.5, 0.6) is 0 Å². The summed E-state index contributed by atoms with van der Waals surface area (Å²) >= 11 is 0. The van der Waals surface area contributed by atoms with Crippen molar-refractivity contribution in [2.24, 2.45) is 0 Å². The molecule has 8 nitrogen and oxygen atoms in total. The summed E-state index contributed by atoms with van der Waals surface area (Å²) in [4.78, 5) is 12.3. The summed E-state index contributed by atoms with van der Waals surface area (Å²) in [6, 6.07) is 20.0. The summed E-state index contributed by atoms with van der Waals surface area (Å²) in [5.74, 6) is 0.548. The second kappa shape index (κ2) is 11.2. The summed E-state index contributed by atoms with van der Waals surface area (Å²) in [6.45, 7) is 2.52. The van der Waals surface area contributed by atoms with Gasteiger partial charge in [0.2, 0.25) is 16.0 Å². The second-order valence-corrected chi connectivity index (χ2v) is 13.1. The Bertz CT molecular complexity index is 1630. The van der Waals surface area contributed by atoms with Crippen LogP contribution in [0.4, 0.5) is 23.0 Å². The number of hydrogen-bond donors (Lipinski definition) is 2. The lowest BCUT2D eigenvalue weighted by molar-refractivity contribution is 0.222. The standard InChI is InChI=1S/C31H36N6O2S/c1-36(2)40(38,39)29-7-5-6-25(19-29)33-27-13-9-24-21-32-31(35-30(24)20-27)34-26-12-8-22-10-14-28(15-11-23(22)18-26)37-16-3-4-17-37/h5-9,12-13,18-21,28,33H,3-4,10-11,14-17H2,1-2H3,(H,32,34,35). The zero-order chi connectivity index (χ0) is 27.7. The third-order valence-corrected chi connectivity index (χ3v) is 9.91. The summed E-state index contributed by atoms with van der Waals surface area (Å²) < 4.78 is 26.3. The molecule has 6 rings (SSSR count). The lowest BCUT2D eigenvalue weighted by Crippen LogP contribution is -2.32. The van der Waals surface area contributed by atoms with E-state index < -0.39 is 10.0 Å². The van der Waals surface area contributed by atoms with Crippen LogP contribution in [-0.4, -0.2) is 60.8 Å². The highest BCUT2D eigenvalue weighted by Crippen LogP contribution is 2.29. The fourth-order valence-electron chi connectivity index (χ4n) is 5.84. The molecule has 9 heteroatoms. The molecule has 1 saturated heterocycles. The number of hydrogen-bond acceptors (Lipinski definition) is 7. The molecule has 0 radical (unpaired) electrons. The van der Waals surface area contributed by atoms with Crippen LogP contribution in [0.2, 0.25) is 0 Å². The van der Waals surface area contributed by atoms with Crippen LogP contribution in [0, 0.1) is 0 Å². The summed E-state index contributed by atoms with van der Waals surface area (Å²) in [5, 5.41) is 7.65. The van der Waals surface area contributed by atoms with E-state index in [1.54, 1.807) is 18.2 Å². The van der Waals surface area contributed by atoms with Crippen LogP contribution < -0.4 is 10.6 Å². The van der Waals surface area contributed by atoms with Gasteiger partial charge in [-0.2, -0.15) is 0 Å². The van der Waals surface area contributed by atoms with Crippen LogP contribution in [0.1, 0.15) is 36.8 Å². The molecule has 0 saturated carbocycles. The first kappa shape index (κ1) is 26.7. The summed E-state index contributed by atoms with van der Waals surface area (Å²) in [7, 11) is -0.458. The van der Waals surface area contributed by atoms with E-state index in [0.29, 0.717) is 17.7 Å². The van der Waals surface area contributed by atoms with Crippen molar-refractivity contribution in [1.29, 1.82) is 0 Å². The van der Waals surface area contributed by atoms with Crippen molar-refractivity contribution in [3.63, 3.8) is 0 Å². The number of rotatable bonds is 7. The van der Waals surface area contributed by atoms with E-state index in [1.165, 1.54) is 68.3 Å². The van der Waals surface area contributed by atoms with Gasteiger partial charge in [0, 0.05) is 48.8 Å². The van der Waals surface area contributed by atoms with Gasteiger partial charge in [-0.05, 0) is 111 Å². The summed E-state index contributed by atoms with van der Waals surface area (Å²) in [5.41, 5.74) is 6.19. The van der Waals surface area contributed by atoms with E-state index in [4.69, 9.17) is 4.98 Å². The average Bonchev–Trinajstić information content (AvgIpc) is 3.40. The lowest BCUT2D eigenvalue weighted by atomic mass is 10.0. The van der Waals surface area contributed by atoms with Crippen LogP contribution in [-0.2, 0) is 22.9 Å². The highest BCUT2D eigenvalue weighted by molar-refractivity contribution is 7.89. The molecule has 0 spiro atoms. The number of anilines is 4. The number of fused-ring (bicyclic) bond motifs is 2. The highest BCUT2D eigenvalue weighted by Gasteiger charge is 2.24. The van der Waals surface area contributed by atoms with Crippen molar-refractivity contribution in [3.8, 4) is 0 Å². The third-order valence-electron chi connectivity index (χ3n) is 8.10. The van der Waals surface area contributed by atoms with Gasteiger partial charge in [-0.1, -0.05) is 12.1 Å². The molecule has 2 heterocycles. The van der Waals surface area contributed by atoms with E-state index in [1.807, 2.05) is 30.5 Å². The molecular weight excluding hydrogens is 520 g/mol. The monoisotopic (exact) mass is 556 g/mol. The topological polar surface area (TPSA) is 90.5 Å². The Morgan fingerprint density at radius 2 is 1.57 bits per heavy atom. The Morgan fingerprint density at radius 3 is 2.38 bits per heavy atom. The third kappa shape index (κ3) is 5.68. The number of aromatic nitrogens is 2. The van der Waals surface area contributed by atoms with E-state index in [-0.39, 0.29) is 4.90 Å². The largest absolute Gasteiger partial charge is 0.355 e. The molecule has 4 aromatic rings. The molecule has 1 atom stereocenters. The molecule has 1 fully saturated rings. The number of aryl methyl sites for hydroxylation is 2. The Labute approximate surface area is 236 Å². The van der Waals surface area contributed by atoms with Crippen LogP contribution in [0.3, 0.4) is 0 Å². The predicted molar refractivity (Wildman–Crippen MR) is 161 cm³/mol. The highest BCUT2D eigenvalue weighted by atomic mass is 32.2. The first-order chi connectivity index (χ1) is 19.3. The maximum atomic E-state index is 12.5. The van der Waals surface area contributed by atoms with Crippen LogP contribution >= 0.6 is 0 Å². The van der Waals surface area contributed by atoms with E-state index >= 15 is 0 Å². The van der Waals surface area contributed by atoms with Gasteiger partial charge in [0.15, 0.2) is 0 Å². The zero-order valence-electron chi connectivity index (χ0n) is 23.1. The van der Waals surface area contributed by atoms with Gasteiger partial charge >= 0.3 is 0 Å². The lowest BCUT2D eigenvalue weighted by Gasteiger charge is -2.25. The minimum Gasteiger partial charge on any atom is -0.355 e. The second-order valence-electron chi connectivity index (χ2n) is 11.0. The smallest absolute Gasteiger partial charge is 0.242 e. The molecule has 2 N–H and O–H groups in total. The Hall–Kier alpha value is -3.53. The van der Waals surface area contributed by atoms with E-state index in [0.717, 1.165) is 35.1 Å². The number of benzene rings is 3. The molecule has 1 aliphatic carbocycles. The Kier molecular flexibility index (Phi) is 7.44. The van der Waals surface area contributed by atoms with Gasteiger partial charge in [0.25, 0.3) is 0 Å². The van der Waals surface area contributed by atoms with Gasteiger partial charge in [-0.15, -0.1) is 0 Å². The molecule has 40 heavy (non-hydrogen) atoms. The van der Waals surface area contributed by atoms with Gasteiger partial charge < -0.3 is 15.5 Å². The normalized spacial score (nSPS) is 18.0. The summed E-state index contributed by atoms with van der Waals surface area (Å²) in [6.07, 6.45) is 9.23. The molecule has 0 amide bonds. The fraction of sp³-hybridized carbons (Fsp3) is 0.355. The maximum absolute atomic E-state index is 12.5. The zero-order valence-corrected chi connectivity index (χ0v) is 23.9. The van der Waals surface area contributed by atoms with Crippen molar-refractivity contribution in [3.05, 3.63) is 78.0 Å². The molecular formula is C31H36N6O2S. The number of nitrogens with zero attached hydrogens (tertiary/aromatic N) is 4. The van der Waals surface area contributed by atoms with E-state index in [9.17, 15) is 8.42 Å². The molecule has 2 aliphatic rings. The van der Waals surface area contributed by atoms with Gasteiger partial charge in [-0.25, -0.2) is 22.7 Å². The SMILES string of the molecule is CN(C)S(=O)(=O)c1cccc(Nc2ccc3cnc(Nc4ccc5c(c4)CCC(N4CCCC4)CC5)nc3c2)c1. The maximum Gasteiger partial charge on any atom is 0.242 e. The molecule has 1 aliphatic heterocycles. The van der Waals surface area contributed by atoms with Gasteiger partial charge in [-0.3, -0.25) is 0 Å². The van der Waals surface area contributed by atoms with Gasteiger partial charge in [0.1, 0.15) is 0 Å². The number of likely N-dealkylation sites (tertiary alicyclic amines) is 1. The first-order valence-corrected chi connectivity index (χ1v) is 15.5. The number of sulfonamides is 1. The van der Waals surface area contributed by atoms with Crippen molar-refractivity contribution < 1.29 is 8.42 Å². The minimum atomic E-state index is -3.51. The fourth-order valence-corrected chi connectivity index (χ4v) is 6.79.